The van der Waals surface area contributed by atoms with Crippen molar-refractivity contribution in [2.45, 2.75) is 25.4 Å². The van der Waals surface area contributed by atoms with Gasteiger partial charge in [0.15, 0.2) is 6.61 Å². The second kappa shape index (κ2) is 8.70. The lowest BCUT2D eigenvalue weighted by atomic mass is 10.2. The van der Waals surface area contributed by atoms with Crippen molar-refractivity contribution >= 4 is 17.5 Å². The largest absolute Gasteiger partial charge is 0.482 e. The number of benzene rings is 1. The highest BCUT2D eigenvalue weighted by molar-refractivity contribution is 6.32. The van der Waals surface area contributed by atoms with Gasteiger partial charge in [0, 0.05) is 32.8 Å². The lowest BCUT2D eigenvalue weighted by Crippen LogP contribution is -2.39. The average Bonchev–Trinajstić information content (AvgIpc) is 2.98. The Hall–Kier alpha value is -1.30. The van der Waals surface area contributed by atoms with Gasteiger partial charge in [0.1, 0.15) is 5.75 Å². The number of ether oxygens (including phenoxy) is 2. The van der Waals surface area contributed by atoms with E-state index in [0.717, 1.165) is 52.2 Å². The Kier molecular flexibility index (Phi) is 6.35. The quantitative estimate of drug-likeness (QED) is 0.816. The summed E-state index contributed by atoms with van der Waals surface area (Å²) in [7, 11) is 0. The van der Waals surface area contributed by atoms with Gasteiger partial charge >= 0.3 is 0 Å². The van der Waals surface area contributed by atoms with Crippen LogP contribution >= 0.6 is 11.6 Å². The molecule has 1 aromatic carbocycles. The first-order chi connectivity index (χ1) is 11.7. The van der Waals surface area contributed by atoms with Crippen LogP contribution in [0.4, 0.5) is 0 Å². The molecule has 2 aliphatic heterocycles. The van der Waals surface area contributed by atoms with Gasteiger partial charge in [0.2, 0.25) is 0 Å². The van der Waals surface area contributed by atoms with Crippen molar-refractivity contribution in [1.82, 2.24) is 9.80 Å². The van der Waals surface area contributed by atoms with E-state index in [4.69, 9.17) is 21.1 Å². The fourth-order valence-corrected chi connectivity index (χ4v) is 3.46. The number of hydrogen-bond donors (Lipinski definition) is 0. The van der Waals surface area contributed by atoms with E-state index in [-0.39, 0.29) is 12.5 Å². The molecule has 2 aliphatic rings. The van der Waals surface area contributed by atoms with E-state index in [1.807, 2.05) is 17.0 Å². The summed E-state index contributed by atoms with van der Waals surface area (Å²) in [5, 5.41) is 0.531. The van der Waals surface area contributed by atoms with Crippen LogP contribution in [0.3, 0.4) is 0 Å². The van der Waals surface area contributed by atoms with Crippen LogP contribution in [0.25, 0.3) is 0 Å². The molecule has 0 bridgehead atoms. The second-order valence-corrected chi connectivity index (χ2v) is 6.80. The summed E-state index contributed by atoms with van der Waals surface area (Å²) in [5.41, 5.74) is 0. The summed E-state index contributed by atoms with van der Waals surface area (Å²) in [4.78, 5) is 16.7. The molecule has 2 fully saturated rings. The molecule has 1 aromatic rings. The molecule has 0 aliphatic carbocycles. The first-order valence-electron chi connectivity index (χ1n) is 8.71. The van der Waals surface area contributed by atoms with Gasteiger partial charge in [-0.3, -0.25) is 9.69 Å². The van der Waals surface area contributed by atoms with Crippen LogP contribution in [0.15, 0.2) is 24.3 Å². The van der Waals surface area contributed by atoms with Crippen molar-refractivity contribution in [1.29, 1.82) is 0 Å². The molecular formula is C18H25ClN2O3. The molecule has 1 atom stereocenters. The Morgan fingerprint density at radius 3 is 2.88 bits per heavy atom. The minimum Gasteiger partial charge on any atom is -0.482 e. The van der Waals surface area contributed by atoms with Crippen LogP contribution in [0, 0.1) is 0 Å². The minimum atomic E-state index is 0.0221. The SMILES string of the molecule is O=C(COc1ccccc1Cl)N1CCCN(C[C@@H]2CCCO2)CC1. The van der Waals surface area contributed by atoms with E-state index in [0.29, 0.717) is 16.9 Å². The van der Waals surface area contributed by atoms with Gasteiger partial charge in [-0.1, -0.05) is 23.7 Å². The molecule has 0 saturated carbocycles. The number of halogens is 1. The average molecular weight is 353 g/mol. The van der Waals surface area contributed by atoms with Crippen molar-refractivity contribution in [3.05, 3.63) is 29.3 Å². The van der Waals surface area contributed by atoms with Crippen molar-refractivity contribution in [2.24, 2.45) is 0 Å². The van der Waals surface area contributed by atoms with Gasteiger partial charge in [-0.05, 0) is 37.9 Å². The Labute approximate surface area is 148 Å². The Morgan fingerprint density at radius 2 is 2.08 bits per heavy atom. The normalized spacial score (nSPS) is 22.4. The number of amides is 1. The van der Waals surface area contributed by atoms with E-state index in [9.17, 15) is 4.79 Å². The highest BCUT2D eigenvalue weighted by Gasteiger charge is 2.23. The standard InChI is InChI=1S/C18H25ClN2O3/c19-16-6-1-2-7-17(16)24-14-18(22)21-9-4-8-20(10-11-21)13-15-5-3-12-23-15/h1-2,6-7,15H,3-5,8-14H2/t15-/m0/s1. The zero-order valence-electron chi connectivity index (χ0n) is 14.0. The van der Waals surface area contributed by atoms with E-state index in [1.165, 1.54) is 6.42 Å². The summed E-state index contributed by atoms with van der Waals surface area (Å²) in [6.45, 7) is 5.37. The highest BCUT2D eigenvalue weighted by Crippen LogP contribution is 2.23. The molecule has 0 spiro atoms. The Balaban J connectivity index is 1.44. The Morgan fingerprint density at radius 1 is 1.21 bits per heavy atom. The van der Waals surface area contributed by atoms with Crippen LogP contribution in [-0.4, -0.2) is 67.7 Å². The fourth-order valence-electron chi connectivity index (χ4n) is 3.27. The summed E-state index contributed by atoms with van der Waals surface area (Å²) in [6.07, 6.45) is 3.69. The third kappa shape index (κ3) is 4.85. The molecule has 0 N–H and O–H groups in total. The molecule has 3 rings (SSSR count). The molecule has 132 valence electrons. The number of carbonyl (C=O) groups excluding carboxylic acids is 1. The van der Waals surface area contributed by atoms with E-state index in [1.54, 1.807) is 12.1 Å². The predicted molar refractivity (Wildman–Crippen MR) is 93.6 cm³/mol. The first kappa shape index (κ1) is 17.5. The number of carbonyl (C=O) groups is 1. The lowest BCUT2D eigenvalue weighted by Gasteiger charge is -2.24. The second-order valence-electron chi connectivity index (χ2n) is 6.39. The van der Waals surface area contributed by atoms with Gasteiger partial charge in [-0.2, -0.15) is 0 Å². The fraction of sp³-hybridized carbons (Fsp3) is 0.611. The zero-order chi connectivity index (χ0) is 16.8. The van der Waals surface area contributed by atoms with Gasteiger partial charge in [0.25, 0.3) is 5.91 Å². The smallest absolute Gasteiger partial charge is 0.260 e. The molecule has 0 aromatic heterocycles. The molecule has 1 amide bonds. The van der Waals surface area contributed by atoms with Gasteiger partial charge in [-0.15, -0.1) is 0 Å². The van der Waals surface area contributed by atoms with Crippen LogP contribution in [0.2, 0.25) is 5.02 Å². The number of para-hydroxylation sites is 1. The van der Waals surface area contributed by atoms with Gasteiger partial charge in [0.05, 0.1) is 11.1 Å². The summed E-state index contributed by atoms with van der Waals surface area (Å²) in [6, 6.07) is 7.23. The zero-order valence-corrected chi connectivity index (χ0v) is 14.7. The topological polar surface area (TPSA) is 42.0 Å². The molecule has 5 nitrogen and oxygen atoms in total. The number of hydrogen-bond acceptors (Lipinski definition) is 4. The van der Waals surface area contributed by atoms with Crippen molar-refractivity contribution < 1.29 is 14.3 Å². The maximum absolute atomic E-state index is 12.4. The summed E-state index contributed by atoms with van der Waals surface area (Å²) >= 11 is 6.05. The van der Waals surface area contributed by atoms with E-state index in [2.05, 4.69) is 4.90 Å². The maximum Gasteiger partial charge on any atom is 0.260 e. The molecule has 0 unspecified atom stereocenters. The van der Waals surface area contributed by atoms with Gasteiger partial charge in [-0.25, -0.2) is 0 Å². The van der Waals surface area contributed by atoms with Crippen molar-refractivity contribution in [3.63, 3.8) is 0 Å². The van der Waals surface area contributed by atoms with Crippen LogP contribution in [0.5, 0.6) is 5.75 Å². The minimum absolute atomic E-state index is 0.0221. The van der Waals surface area contributed by atoms with Crippen LogP contribution in [-0.2, 0) is 9.53 Å². The third-order valence-electron chi connectivity index (χ3n) is 4.61. The van der Waals surface area contributed by atoms with Crippen LogP contribution < -0.4 is 4.74 Å². The number of nitrogens with zero attached hydrogens (tertiary/aromatic N) is 2. The maximum atomic E-state index is 12.4. The molecule has 2 heterocycles. The third-order valence-corrected chi connectivity index (χ3v) is 4.93. The summed E-state index contributed by atoms with van der Waals surface area (Å²) in [5.74, 6) is 0.580. The predicted octanol–water partition coefficient (Wildman–Crippen LogP) is 2.43. The van der Waals surface area contributed by atoms with Crippen LogP contribution in [0.1, 0.15) is 19.3 Å². The van der Waals surface area contributed by atoms with Crippen molar-refractivity contribution in [2.75, 3.05) is 45.9 Å². The molecule has 0 radical (unpaired) electrons. The molecule has 2 saturated heterocycles. The number of rotatable bonds is 5. The van der Waals surface area contributed by atoms with E-state index < -0.39 is 0 Å². The highest BCUT2D eigenvalue weighted by atomic mass is 35.5. The molecule has 24 heavy (non-hydrogen) atoms. The monoisotopic (exact) mass is 352 g/mol. The molecule has 6 heteroatoms. The van der Waals surface area contributed by atoms with Crippen molar-refractivity contribution in [3.8, 4) is 5.75 Å². The Bertz CT molecular complexity index is 549. The van der Waals surface area contributed by atoms with Gasteiger partial charge < -0.3 is 14.4 Å². The van der Waals surface area contributed by atoms with E-state index >= 15 is 0 Å². The molecular weight excluding hydrogens is 328 g/mol. The summed E-state index contributed by atoms with van der Waals surface area (Å²) < 4.78 is 11.3. The first-order valence-corrected chi connectivity index (χ1v) is 9.09. The lowest BCUT2D eigenvalue weighted by molar-refractivity contribution is -0.133.